The molecule has 19 rings (SSSR count). The van der Waals surface area contributed by atoms with Crippen LogP contribution in [0.5, 0.6) is 0 Å². The molecule has 88 heavy (non-hydrogen) atoms. The van der Waals surface area contributed by atoms with Crippen LogP contribution in [0.2, 0.25) is 0 Å². The highest BCUT2D eigenvalue weighted by Gasteiger charge is 2.22. The highest BCUT2D eigenvalue weighted by atomic mass is 16.3. The van der Waals surface area contributed by atoms with Gasteiger partial charge in [-0.25, -0.2) is 0 Å². The highest BCUT2D eigenvalue weighted by molar-refractivity contribution is 6.26. The Bertz CT molecular complexity index is 9120. The molecule has 0 aliphatic rings. The molecule has 408 valence electrons. The van der Waals surface area contributed by atoms with Gasteiger partial charge in [-0.1, -0.05) is 266 Å². The summed E-state index contributed by atoms with van der Waals surface area (Å²) in [6, 6.07) is -46.6. The van der Waals surface area contributed by atoms with Crippen molar-refractivity contribution in [2.75, 3.05) is 0 Å². The van der Waals surface area contributed by atoms with E-state index in [1.54, 1.807) is 0 Å². The van der Waals surface area contributed by atoms with Crippen LogP contribution in [0, 0.1) is 0 Å². The van der Waals surface area contributed by atoms with E-state index < -0.39 is 495 Å². The zero-order valence-corrected chi connectivity index (χ0v) is 43.8. The van der Waals surface area contributed by atoms with Crippen molar-refractivity contribution >= 4 is 130 Å². The van der Waals surface area contributed by atoms with Crippen LogP contribution < -0.4 is 0 Å². The Kier molecular flexibility index (Phi) is 4.68. The number of benzene rings is 17. The van der Waals surface area contributed by atoms with Crippen molar-refractivity contribution in [1.29, 1.82) is 0 Å². The van der Waals surface area contributed by atoms with Crippen LogP contribution in [0.25, 0.3) is 186 Å². The van der Waals surface area contributed by atoms with Gasteiger partial charge >= 0.3 is 0 Å². The molecule has 0 N–H and O–H groups in total. The summed E-state index contributed by atoms with van der Waals surface area (Å²) in [5.41, 5.74) is -9.68. The molecule has 0 bridgehead atoms. The Morgan fingerprint density at radius 3 is 1.00 bits per heavy atom. The summed E-state index contributed by atoms with van der Waals surface area (Å²) in [6.07, 6.45) is 0. The quantitative estimate of drug-likeness (QED) is 0.161. The second kappa shape index (κ2) is 20.0. The number of fused-ring (bicyclic) bond motifs is 16. The standard InChI is InChI=1S/C46H28O.C40H24O/c1-2-12-29(13-3-1)41-28-33(26-31-15-5-6-16-34(31)41)45-38-20-10-8-18-36(38)44(37-19-9-11-21-39(37)45)32-23-25-43-42(27-32)40-24-22-30-14-4-7-17-35(30)46(40)47-43;1-3-13-28-25(10-1)12-9-19-30(28)39-33-17-7-5-15-31(33)38(32-16-6-8-18-34(32)39)27-21-23-37-36(24-27)35-22-20-26-11-2-4-14-29(26)40(35)41-37/h1-28H;1-24H/i1D,2D,3D,4D,5D,6D,7D,8D,9D,10D,11D,12D,13D,14D,15D,16D,17D,18D,19D,20D,21D,22D,23D,24D,25D,26D,27D,28D;1D,2D,3D,4D,5D,6D,7D,8D,9D,10D,11D,12D,13D,14D,15D,16D,17D,18D,19D,20D,21D,22D,23D,24D. The average Bonchev–Trinajstić information content (AvgIpc) is 0.896. The van der Waals surface area contributed by atoms with Gasteiger partial charge in [-0.15, -0.1) is 0 Å². The maximum atomic E-state index is 9.96. The van der Waals surface area contributed by atoms with Crippen molar-refractivity contribution in [3.8, 4) is 55.6 Å². The van der Waals surface area contributed by atoms with Gasteiger partial charge in [0.2, 0.25) is 0 Å². The second-order valence-corrected chi connectivity index (χ2v) is 19.3. The van der Waals surface area contributed by atoms with E-state index in [1.807, 2.05) is 0 Å². The molecule has 0 unspecified atom stereocenters. The minimum absolute atomic E-state index is 0.387. The predicted molar refractivity (Wildman–Crippen MR) is 375 cm³/mol. The zero-order chi connectivity index (χ0) is 103. The van der Waals surface area contributed by atoms with Crippen molar-refractivity contribution in [1.82, 2.24) is 0 Å². The Labute approximate surface area is 580 Å². The fourth-order valence-electron chi connectivity index (χ4n) is 10.9. The topological polar surface area (TPSA) is 26.3 Å². The van der Waals surface area contributed by atoms with Crippen molar-refractivity contribution in [2.45, 2.75) is 0 Å². The normalized spacial score (nSPS) is 20.1. The van der Waals surface area contributed by atoms with Crippen LogP contribution in [0.1, 0.15) is 71.3 Å². The Balaban J connectivity index is 0.000000187. The predicted octanol–water partition coefficient (Wildman–Crippen LogP) is 24.7. The van der Waals surface area contributed by atoms with Crippen LogP contribution in [-0.4, -0.2) is 0 Å². The monoisotopic (exact) mass is 1170 g/mol. The molecule has 0 aliphatic carbocycles. The molecule has 2 nitrogen and oxygen atoms in total. The SMILES string of the molecule is [2H]c1c(-c2c3c([2H])c([2H])c([2H])c([2H])c3c(-c3c([2H])c([2H])c([2H])c4c([2H])c([2H])c([2H])c([2H])c34)c3c([2H])c([2H])c([2H])c([2H])c23)c([2H])c2c(oc3c4c([2H])c([2H])c([2H])c([2H])c4c([2H])c([2H])c32)c1[2H].[2H]c1c([2H])c([2H])c(-c2c([2H])c(-c3c4c([2H])c([2H])c([2H])c([2H])c4c(-c4c([2H])c([2H])c5oc6c7c([2H])c([2H])c([2H])c([2H])c7c([2H])c([2H])c6c5c4[2H])c4c([2H])c([2H])c([2H])c([2H])c34)c([2H])c3c([2H])c([2H])c([2H])c([2H])c23)c([2H])c1[2H]. The third kappa shape index (κ3) is 7.83. The molecule has 17 aromatic carbocycles. The number of hydrogen-bond donors (Lipinski definition) is 0. The number of hydrogen-bond acceptors (Lipinski definition) is 2. The molecule has 0 saturated carbocycles. The van der Waals surface area contributed by atoms with E-state index in [0.29, 0.717) is 0 Å². The fourth-order valence-corrected chi connectivity index (χ4v) is 10.9. The smallest absolute Gasteiger partial charge is 0.143 e. The third-order valence-corrected chi connectivity index (χ3v) is 14.6. The van der Waals surface area contributed by atoms with Gasteiger partial charge in [-0.05, 0) is 179 Å². The van der Waals surface area contributed by atoms with E-state index in [9.17, 15) is 23.3 Å². The summed E-state index contributed by atoms with van der Waals surface area (Å²) in [5.74, 6) is 0. The van der Waals surface area contributed by atoms with Crippen LogP contribution in [0.4, 0.5) is 0 Å². The summed E-state index contributed by atoms with van der Waals surface area (Å²) in [4.78, 5) is 0. The van der Waals surface area contributed by atoms with E-state index in [1.165, 1.54) is 0 Å². The first-order valence-corrected chi connectivity index (χ1v) is 26.1. The van der Waals surface area contributed by atoms with Crippen molar-refractivity contribution < 1.29 is 80.1 Å². The number of furan rings is 2. The second-order valence-electron chi connectivity index (χ2n) is 19.3. The summed E-state index contributed by atoms with van der Waals surface area (Å²) in [5, 5.41) is -12.0. The molecule has 2 aromatic heterocycles. The molecule has 19 aromatic rings. The lowest BCUT2D eigenvalue weighted by molar-refractivity contribution is 0.672. The van der Waals surface area contributed by atoms with Gasteiger partial charge in [0.05, 0.1) is 71.3 Å². The lowest BCUT2D eigenvalue weighted by Crippen LogP contribution is -1.92. The van der Waals surface area contributed by atoms with Gasteiger partial charge in [0.25, 0.3) is 0 Å². The lowest BCUT2D eigenvalue weighted by atomic mass is 9.84. The molecule has 0 aliphatic heterocycles. The molecular weight excluding hydrogens is 1060 g/mol. The summed E-state index contributed by atoms with van der Waals surface area (Å²) in [6.45, 7) is 0. The van der Waals surface area contributed by atoms with Gasteiger partial charge in [0.15, 0.2) is 0 Å². The van der Waals surface area contributed by atoms with Gasteiger partial charge in [-0.2, -0.15) is 0 Å². The molecule has 0 fully saturated rings. The van der Waals surface area contributed by atoms with Crippen LogP contribution in [0.3, 0.4) is 0 Å². The molecule has 0 radical (unpaired) electrons. The van der Waals surface area contributed by atoms with E-state index in [2.05, 4.69) is 0 Å². The fraction of sp³-hybridized carbons (Fsp3) is 0. The van der Waals surface area contributed by atoms with Crippen molar-refractivity contribution in [2.24, 2.45) is 0 Å². The zero-order valence-electron chi connectivity index (χ0n) is 95.8. The first-order valence-electron chi connectivity index (χ1n) is 52.1. The third-order valence-electron chi connectivity index (χ3n) is 14.6. The summed E-state index contributed by atoms with van der Waals surface area (Å²) < 4.78 is 479. The van der Waals surface area contributed by atoms with Gasteiger partial charge in [-0.3, -0.25) is 0 Å². The van der Waals surface area contributed by atoms with E-state index >= 15 is 0 Å². The lowest BCUT2D eigenvalue weighted by Gasteiger charge is -2.19. The Morgan fingerprint density at radius 1 is 0.182 bits per heavy atom. The van der Waals surface area contributed by atoms with E-state index in [-0.39, 0.29) is 5.39 Å². The molecule has 0 atom stereocenters. The Morgan fingerprint density at radius 2 is 0.534 bits per heavy atom. The summed E-state index contributed by atoms with van der Waals surface area (Å²) >= 11 is 0. The van der Waals surface area contributed by atoms with Crippen molar-refractivity contribution in [3.63, 3.8) is 0 Å². The largest absolute Gasteiger partial charge is 0.455 e. The molecule has 2 heterocycles. The van der Waals surface area contributed by atoms with Gasteiger partial charge in [0, 0.05) is 32.3 Å². The first kappa shape index (κ1) is 20.6. The van der Waals surface area contributed by atoms with Gasteiger partial charge in [0.1, 0.15) is 22.3 Å². The first-order chi connectivity index (χ1) is 65.3. The van der Waals surface area contributed by atoms with E-state index in [4.69, 9.17) is 56.8 Å². The Hall–Kier alpha value is -11.6. The minimum atomic E-state index is -1.08. The molecule has 0 amide bonds. The van der Waals surface area contributed by atoms with Crippen LogP contribution in [-0.2, 0) is 0 Å². The molecule has 0 saturated heterocycles. The minimum Gasteiger partial charge on any atom is -0.455 e. The van der Waals surface area contributed by atoms with E-state index in [0.717, 1.165) is 0 Å². The molecule has 2 heteroatoms. The van der Waals surface area contributed by atoms with Crippen LogP contribution >= 0.6 is 0 Å². The van der Waals surface area contributed by atoms with Gasteiger partial charge < -0.3 is 8.83 Å². The van der Waals surface area contributed by atoms with Crippen LogP contribution in [0.15, 0.2) is 323 Å². The molecular formula is C86H52O2. The highest BCUT2D eigenvalue weighted by Crippen LogP contribution is 2.49. The molecule has 0 spiro atoms. The average molecular weight is 1170 g/mol. The maximum Gasteiger partial charge on any atom is 0.143 e. The number of rotatable bonds is 5. The van der Waals surface area contributed by atoms with Crippen molar-refractivity contribution in [3.05, 3.63) is 314 Å². The summed E-state index contributed by atoms with van der Waals surface area (Å²) in [7, 11) is 0. The maximum absolute atomic E-state index is 9.96.